The summed E-state index contributed by atoms with van der Waals surface area (Å²) in [5.41, 5.74) is 6.75. The molecule has 3 atom stereocenters. The van der Waals surface area contributed by atoms with Crippen LogP contribution in [0.15, 0.2) is 24.3 Å². The molecule has 102 valence electrons. The number of nitrogens with zero attached hydrogens (tertiary/aromatic N) is 1. The molecule has 2 heterocycles. The number of hydrogen-bond acceptors (Lipinski definition) is 3. The lowest BCUT2D eigenvalue weighted by molar-refractivity contribution is -0.133. The van der Waals surface area contributed by atoms with E-state index < -0.39 is 0 Å². The fourth-order valence-electron chi connectivity index (χ4n) is 3.19. The SMILES string of the molecule is CC1CC(CN)CN1C(=O)C1COc2ccccc21. The first-order valence-electron chi connectivity index (χ1n) is 6.93. The van der Waals surface area contributed by atoms with Gasteiger partial charge in [0, 0.05) is 18.2 Å². The van der Waals surface area contributed by atoms with E-state index in [1.807, 2.05) is 29.2 Å². The second kappa shape index (κ2) is 4.85. The summed E-state index contributed by atoms with van der Waals surface area (Å²) in [6, 6.07) is 8.11. The van der Waals surface area contributed by atoms with Crippen LogP contribution in [0.5, 0.6) is 5.75 Å². The molecule has 4 nitrogen and oxygen atoms in total. The standard InChI is InChI=1S/C15H20N2O2/c1-10-6-11(7-16)8-17(10)15(18)13-9-19-14-5-3-2-4-12(13)14/h2-5,10-11,13H,6-9,16H2,1H3. The third-order valence-corrected chi connectivity index (χ3v) is 4.28. The van der Waals surface area contributed by atoms with Crippen molar-refractivity contribution in [2.45, 2.75) is 25.3 Å². The first-order valence-corrected chi connectivity index (χ1v) is 6.93. The lowest BCUT2D eigenvalue weighted by Gasteiger charge is -2.24. The molecule has 3 rings (SSSR count). The molecule has 1 fully saturated rings. The highest BCUT2D eigenvalue weighted by Crippen LogP contribution is 2.36. The summed E-state index contributed by atoms with van der Waals surface area (Å²) in [6.07, 6.45) is 1.01. The Hall–Kier alpha value is -1.55. The van der Waals surface area contributed by atoms with Gasteiger partial charge < -0.3 is 15.4 Å². The van der Waals surface area contributed by atoms with E-state index in [1.54, 1.807) is 0 Å². The predicted octanol–water partition coefficient (Wildman–Crippen LogP) is 1.36. The molecule has 19 heavy (non-hydrogen) atoms. The number of likely N-dealkylation sites (tertiary alicyclic amines) is 1. The smallest absolute Gasteiger partial charge is 0.233 e. The van der Waals surface area contributed by atoms with E-state index in [4.69, 9.17) is 10.5 Å². The average molecular weight is 260 g/mol. The van der Waals surface area contributed by atoms with Crippen molar-refractivity contribution >= 4 is 5.91 Å². The molecule has 0 spiro atoms. The Morgan fingerprint density at radius 2 is 2.26 bits per heavy atom. The highest BCUT2D eigenvalue weighted by molar-refractivity contribution is 5.86. The second-order valence-corrected chi connectivity index (χ2v) is 5.58. The Kier molecular flexibility index (Phi) is 3.19. The van der Waals surface area contributed by atoms with E-state index in [1.165, 1.54) is 0 Å². The number of fused-ring (bicyclic) bond motifs is 1. The number of ether oxygens (including phenoxy) is 1. The zero-order valence-corrected chi connectivity index (χ0v) is 11.2. The van der Waals surface area contributed by atoms with Gasteiger partial charge in [-0.25, -0.2) is 0 Å². The molecule has 2 aliphatic heterocycles. The van der Waals surface area contributed by atoms with Crippen LogP contribution < -0.4 is 10.5 Å². The summed E-state index contributed by atoms with van der Waals surface area (Å²) >= 11 is 0. The summed E-state index contributed by atoms with van der Waals surface area (Å²) in [6.45, 7) is 4.02. The molecule has 0 radical (unpaired) electrons. The fraction of sp³-hybridized carbons (Fsp3) is 0.533. The van der Waals surface area contributed by atoms with E-state index in [0.717, 1.165) is 24.3 Å². The molecule has 0 aromatic heterocycles. The average Bonchev–Trinajstić information content (AvgIpc) is 3.01. The van der Waals surface area contributed by atoms with Gasteiger partial charge in [-0.1, -0.05) is 18.2 Å². The van der Waals surface area contributed by atoms with Gasteiger partial charge in [-0.05, 0) is 31.9 Å². The Morgan fingerprint density at radius 1 is 1.47 bits per heavy atom. The molecule has 0 saturated carbocycles. The Balaban J connectivity index is 1.79. The summed E-state index contributed by atoms with van der Waals surface area (Å²) in [7, 11) is 0. The van der Waals surface area contributed by atoms with Gasteiger partial charge in [-0.15, -0.1) is 0 Å². The van der Waals surface area contributed by atoms with Gasteiger partial charge in [0.2, 0.25) is 5.91 Å². The number of rotatable bonds is 2. The minimum atomic E-state index is -0.143. The molecule has 2 N–H and O–H groups in total. The molecule has 1 aromatic rings. The number of carbonyl (C=O) groups is 1. The Morgan fingerprint density at radius 3 is 3.00 bits per heavy atom. The van der Waals surface area contributed by atoms with Gasteiger partial charge in [0.05, 0.1) is 0 Å². The van der Waals surface area contributed by atoms with Gasteiger partial charge in [0.25, 0.3) is 0 Å². The number of hydrogen-bond donors (Lipinski definition) is 1. The molecule has 1 saturated heterocycles. The molecular formula is C15H20N2O2. The number of nitrogens with two attached hydrogens (primary N) is 1. The van der Waals surface area contributed by atoms with Crippen molar-refractivity contribution in [2.24, 2.45) is 11.7 Å². The van der Waals surface area contributed by atoms with Crippen LogP contribution in [0.3, 0.4) is 0 Å². The molecular weight excluding hydrogens is 240 g/mol. The number of benzene rings is 1. The van der Waals surface area contributed by atoms with E-state index in [-0.39, 0.29) is 17.9 Å². The summed E-state index contributed by atoms with van der Waals surface area (Å²) in [5.74, 6) is 1.34. The van der Waals surface area contributed by atoms with Crippen molar-refractivity contribution < 1.29 is 9.53 Å². The monoisotopic (exact) mass is 260 g/mol. The van der Waals surface area contributed by atoms with Crippen molar-refractivity contribution in [1.29, 1.82) is 0 Å². The van der Waals surface area contributed by atoms with Crippen LogP contribution in [-0.2, 0) is 4.79 Å². The third-order valence-electron chi connectivity index (χ3n) is 4.28. The van der Waals surface area contributed by atoms with Gasteiger partial charge >= 0.3 is 0 Å². The van der Waals surface area contributed by atoms with Crippen molar-refractivity contribution in [3.63, 3.8) is 0 Å². The maximum absolute atomic E-state index is 12.7. The van der Waals surface area contributed by atoms with Crippen molar-refractivity contribution in [3.05, 3.63) is 29.8 Å². The maximum atomic E-state index is 12.7. The molecule has 2 aliphatic rings. The van der Waals surface area contributed by atoms with Crippen LogP contribution >= 0.6 is 0 Å². The number of para-hydroxylation sites is 1. The number of carbonyl (C=O) groups excluding carboxylic acids is 1. The van der Waals surface area contributed by atoms with Crippen LogP contribution in [0.2, 0.25) is 0 Å². The Labute approximate surface area is 113 Å². The molecule has 0 aliphatic carbocycles. The lowest BCUT2D eigenvalue weighted by Crippen LogP contribution is -2.38. The quantitative estimate of drug-likeness (QED) is 0.873. The summed E-state index contributed by atoms with van der Waals surface area (Å²) in [5, 5.41) is 0. The van der Waals surface area contributed by atoms with Crippen molar-refractivity contribution in [1.82, 2.24) is 4.90 Å². The first kappa shape index (κ1) is 12.5. The first-order chi connectivity index (χ1) is 9.20. The molecule has 3 unspecified atom stereocenters. The lowest BCUT2D eigenvalue weighted by atomic mass is 9.99. The minimum Gasteiger partial charge on any atom is -0.492 e. The van der Waals surface area contributed by atoms with Gasteiger partial charge in [-0.3, -0.25) is 4.79 Å². The maximum Gasteiger partial charge on any atom is 0.233 e. The molecule has 1 amide bonds. The van der Waals surface area contributed by atoms with E-state index >= 15 is 0 Å². The largest absolute Gasteiger partial charge is 0.492 e. The van der Waals surface area contributed by atoms with E-state index in [9.17, 15) is 4.79 Å². The van der Waals surface area contributed by atoms with E-state index in [0.29, 0.717) is 19.1 Å². The topological polar surface area (TPSA) is 55.6 Å². The molecule has 1 aromatic carbocycles. The molecule has 4 heteroatoms. The van der Waals surface area contributed by atoms with Crippen LogP contribution in [0, 0.1) is 5.92 Å². The van der Waals surface area contributed by atoms with Gasteiger partial charge in [0.1, 0.15) is 18.3 Å². The normalized spacial score (nSPS) is 29.2. The van der Waals surface area contributed by atoms with Gasteiger partial charge in [0.15, 0.2) is 0 Å². The summed E-state index contributed by atoms with van der Waals surface area (Å²) < 4.78 is 5.61. The fourth-order valence-corrected chi connectivity index (χ4v) is 3.19. The second-order valence-electron chi connectivity index (χ2n) is 5.58. The van der Waals surface area contributed by atoms with Crippen LogP contribution in [-0.4, -0.2) is 36.5 Å². The van der Waals surface area contributed by atoms with Crippen LogP contribution in [0.1, 0.15) is 24.8 Å². The molecule has 0 bridgehead atoms. The predicted molar refractivity (Wildman–Crippen MR) is 73.0 cm³/mol. The third kappa shape index (κ3) is 2.10. The minimum absolute atomic E-state index is 0.143. The zero-order chi connectivity index (χ0) is 13.4. The zero-order valence-electron chi connectivity index (χ0n) is 11.2. The highest BCUT2D eigenvalue weighted by Gasteiger charge is 2.38. The Bertz CT molecular complexity index is 489. The van der Waals surface area contributed by atoms with Crippen molar-refractivity contribution in [2.75, 3.05) is 19.7 Å². The van der Waals surface area contributed by atoms with Crippen LogP contribution in [0.4, 0.5) is 0 Å². The summed E-state index contributed by atoms with van der Waals surface area (Å²) in [4.78, 5) is 14.7. The van der Waals surface area contributed by atoms with E-state index in [2.05, 4.69) is 6.92 Å². The highest BCUT2D eigenvalue weighted by atomic mass is 16.5. The van der Waals surface area contributed by atoms with Crippen molar-refractivity contribution in [3.8, 4) is 5.75 Å². The number of amides is 1. The van der Waals surface area contributed by atoms with Crippen LogP contribution in [0.25, 0.3) is 0 Å². The van der Waals surface area contributed by atoms with Gasteiger partial charge in [-0.2, -0.15) is 0 Å².